The number of hydrogen-bond donors (Lipinski definition) is 1. The predicted molar refractivity (Wildman–Crippen MR) is 63.8 cm³/mol. The van der Waals surface area contributed by atoms with Gasteiger partial charge in [-0.1, -0.05) is 6.07 Å². The van der Waals surface area contributed by atoms with Crippen LogP contribution < -0.4 is 5.32 Å². The third kappa shape index (κ3) is 3.98. The second-order valence-corrected chi connectivity index (χ2v) is 4.23. The second-order valence-electron chi connectivity index (χ2n) is 4.23. The first-order chi connectivity index (χ1) is 7.11. The first-order valence-electron chi connectivity index (χ1n) is 5.41. The fraction of sp³-hybridized carbons (Fsp3) is 0.583. The van der Waals surface area contributed by atoms with Gasteiger partial charge in [-0.2, -0.15) is 0 Å². The number of hydrogen-bond acceptors (Lipinski definition) is 3. The van der Waals surface area contributed by atoms with E-state index in [0.29, 0.717) is 12.1 Å². The summed E-state index contributed by atoms with van der Waals surface area (Å²) in [5, 5.41) is 3.50. The Labute approximate surface area is 92.5 Å². The van der Waals surface area contributed by atoms with E-state index in [-0.39, 0.29) is 0 Å². The van der Waals surface area contributed by atoms with E-state index in [2.05, 4.69) is 49.2 Å². The molecule has 1 aromatic heterocycles. The zero-order valence-electron chi connectivity index (χ0n) is 10.1. The number of nitrogens with one attached hydrogen (secondary N) is 1. The maximum absolute atomic E-state index is 4.12. The van der Waals surface area contributed by atoms with Gasteiger partial charge in [-0.3, -0.25) is 4.98 Å². The molecule has 0 bridgehead atoms. The summed E-state index contributed by atoms with van der Waals surface area (Å²) in [5.41, 5.74) is 1.24. The number of nitrogens with zero attached hydrogens (tertiary/aromatic N) is 2. The van der Waals surface area contributed by atoms with Gasteiger partial charge < -0.3 is 10.2 Å². The van der Waals surface area contributed by atoms with E-state index < -0.39 is 0 Å². The van der Waals surface area contributed by atoms with Gasteiger partial charge in [0.2, 0.25) is 0 Å². The van der Waals surface area contributed by atoms with Crippen molar-refractivity contribution in [2.24, 2.45) is 0 Å². The molecular weight excluding hydrogens is 186 g/mol. The van der Waals surface area contributed by atoms with E-state index in [1.54, 1.807) is 6.20 Å². The van der Waals surface area contributed by atoms with Gasteiger partial charge >= 0.3 is 0 Å². The van der Waals surface area contributed by atoms with Crippen LogP contribution in [-0.4, -0.2) is 36.6 Å². The van der Waals surface area contributed by atoms with Crippen LogP contribution in [0.2, 0.25) is 0 Å². The molecule has 0 aliphatic rings. The molecule has 84 valence electrons. The average molecular weight is 207 g/mol. The normalized spacial score (nSPS) is 15.3. The predicted octanol–water partition coefficient (Wildman–Crippen LogP) is 1.68. The molecule has 1 N–H and O–H groups in total. The van der Waals surface area contributed by atoms with Crippen molar-refractivity contribution in [2.75, 3.05) is 20.6 Å². The maximum atomic E-state index is 4.12. The molecular formula is C12H21N3. The van der Waals surface area contributed by atoms with E-state index in [1.807, 2.05) is 12.3 Å². The molecule has 2 atom stereocenters. The Morgan fingerprint density at radius 2 is 2.13 bits per heavy atom. The highest BCUT2D eigenvalue weighted by molar-refractivity contribution is 5.12. The Morgan fingerprint density at radius 1 is 1.40 bits per heavy atom. The van der Waals surface area contributed by atoms with Crippen LogP contribution in [0.5, 0.6) is 0 Å². The summed E-state index contributed by atoms with van der Waals surface area (Å²) < 4.78 is 0. The Kier molecular flexibility index (Phi) is 4.72. The third-order valence-corrected chi connectivity index (χ3v) is 2.79. The smallest absolute Gasteiger partial charge is 0.0315 e. The number of rotatable bonds is 5. The topological polar surface area (TPSA) is 28.2 Å². The second kappa shape index (κ2) is 5.83. The van der Waals surface area contributed by atoms with Crippen molar-refractivity contribution < 1.29 is 0 Å². The lowest BCUT2D eigenvalue weighted by Crippen LogP contribution is -2.36. The number of aromatic nitrogens is 1. The molecule has 1 aromatic rings. The fourth-order valence-electron chi connectivity index (χ4n) is 1.28. The first-order valence-corrected chi connectivity index (χ1v) is 5.41. The van der Waals surface area contributed by atoms with Gasteiger partial charge in [-0.05, 0) is 39.6 Å². The van der Waals surface area contributed by atoms with Crippen molar-refractivity contribution in [1.29, 1.82) is 0 Å². The zero-order chi connectivity index (χ0) is 11.3. The Bertz CT molecular complexity index is 271. The van der Waals surface area contributed by atoms with E-state index in [0.717, 1.165) is 6.54 Å². The lowest BCUT2D eigenvalue weighted by molar-refractivity contribution is 0.295. The van der Waals surface area contributed by atoms with Crippen LogP contribution in [0.15, 0.2) is 24.5 Å². The summed E-state index contributed by atoms with van der Waals surface area (Å²) in [7, 11) is 4.20. The van der Waals surface area contributed by atoms with Crippen LogP contribution in [0.1, 0.15) is 25.5 Å². The van der Waals surface area contributed by atoms with Gasteiger partial charge in [0.25, 0.3) is 0 Å². The molecule has 0 saturated carbocycles. The lowest BCUT2D eigenvalue weighted by atomic mass is 10.1. The maximum Gasteiger partial charge on any atom is 0.0315 e. The minimum atomic E-state index is 0.362. The molecule has 15 heavy (non-hydrogen) atoms. The largest absolute Gasteiger partial charge is 0.309 e. The molecule has 1 rings (SSSR count). The molecule has 3 nitrogen and oxygen atoms in total. The van der Waals surface area contributed by atoms with E-state index in [1.165, 1.54) is 5.56 Å². The van der Waals surface area contributed by atoms with Crippen molar-refractivity contribution in [2.45, 2.75) is 25.9 Å². The summed E-state index contributed by atoms with van der Waals surface area (Å²) in [5.74, 6) is 0. The SMILES string of the molecule is CC(NCC(C)N(C)C)c1cccnc1. The van der Waals surface area contributed by atoms with Crippen molar-refractivity contribution in [1.82, 2.24) is 15.2 Å². The van der Waals surface area contributed by atoms with Gasteiger partial charge in [0.15, 0.2) is 0 Å². The molecule has 0 aliphatic carbocycles. The molecule has 2 unspecified atom stereocenters. The molecule has 0 fully saturated rings. The summed E-state index contributed by atoms with van der Waals surface area (Å²) in [6.45, 7) is 5.37. The zero-order valence-corrected chi connectivity index (χ0v) is 10.1. The third-order valence-electron chi connectivity index (χ3n) is 2.79. The Morgan fingerprint density at radius 3 is 2.67 bits per heavy atom. The molecule has 0 saturated heterocycles. The first kappa shape index (κ1) is 12.1. The molecule has 0 spiro atoms. The van der Waals surface area contributed by atoms with Gasteiger partial charge in [0.05, 0.1) is 0 Å². The molecule has 0 aliphatic heterocycles. The Balaban J connectivity index is 2.40. The molecule has 3 heteroatoms. The summed E-state index contributed by atoms with van der Waals surface area (Å²) in [6.07, 6.45) is 3.72. The van der Waals surface area contributed by atoms with Crippen molar-refractivity contribution in [3.63, 3.8) is 0 Å². The Hall–Kier alpha value is -0.930. The van der Waals surface area contributed by atoms with Crippen LogP contribution in [-0.2, 0) is 0 Å². The van der Waals surface area contributed by atoms with Gasteiger partial charge in [0, 0.05) is 31.0 Å². The number of likely N-dealkylation sites (N-methyl/N-ethyl adjacent to an activating group) is 1. The summed E-state index contributed by atoms with van der Waals surface area (Å²) in [6, 6.07) is 4.98. The van der Waals surface area contributed by atoms with Crippen LogP contribution in [0.4, 0.5) is 0 Å². The molecule has 0 aromatic carbocycles. The highest BCUT2D eigenvalue weighted by Crippen LogP contribution is 2.09. The van der Waals surface area contributed by atoms with Crippen molar-refractivity contribution in [3.05, 3.63) is 30.1 Å². The number of pyridine rings is 1. The minimum Gasteiger partial charge on any atom is -0.309 e. The van der Waals surface area contributed by atoms with Crippen LogP contribution >= 0.6 is 0 Å². The van der Waals surface area contributed by atoms with Crippen LogP contribution in [0.3, 0.4) is 0 Å². The van der Waals surface area contributed by atoms with Gasteiger partial charge in [-0.15, -0.1) is 0 Å². The highest BCUT2D eigenvalue weighted by Gasteiger charge is 2.08. The molecule has 1 heterocycles. The fourth-order valence-corrected chi connectivity index (χ4v) is 1.28. The summed E-state index contributed by atoms with van der Waals surface area (Å²) in [4.78, 5) is 6.33. The summed E-state index contributed by atoms with van der Waals surface area (Å²) >= 11 is 0. The molecule has 0 radical (unpaired) electrons. The van der Waals surface area contributed by atoms with E-state index in [4.69, 9.17) is 0 Å². The van der Waals surface area contributed by atoms with E-state index in [9.17, 15) is 0 Å². The molecule has 0 amide bonds. The van der Waals surface area contributed by atoms with Crippen LogP contribution in [0.25, 0.3) is 0 Å². The standard InChI is InChI=1S/C12H21N3/c1-10(15(3)4)8-14-11(2)12-6-5-7-13-9-12/h5-7,9-11,14H,8H2,1-4H3. The van der Waals surface area contributed by atoms with Crippen molar-refractivity contribution >= 4 is 0 Å². The average Bonchev–Trinajstić information content (AvgIpc) is 2.26. The monoisotopic (exact) mass is 207 g/mol. The van der Waals surface area contributed by atoms with Gasteiger partial charge in [0.1, 0.15) is 0 Å². The quantitative estimate of drug-likeness (QED) is 0.796. The highest BCUT2D eigenvalue weighted by atomic mass is 15.1. The van der Waals surface area contributed by atoms with Crippen LogP contribution in [0, 0.1) is 0 Å². The minimum absolute atomic E-state index is 0.362. The van der Waals surface area contributed by atoms with Gasteiger partial charge in [-0.25, -0.2) is 0 Å². The van der Waals surface area contributed by atoms with Crippen molar-refractivity contribution in [3.8, 4) is 0 Å². The lowest BCUT2D eigenvalue weighted by Gasteiger charge is -2.22. The van der Waals surface area contributed by atoms with E-state index >= 15 is 0 Å².